The Morgan fingerprint density at radius 3 is 1.88 bits per heavy atom. The van der Waals surface area contributed by atoms with Crippen molar-refractivity contribution >= 4 is 39.1 Å². The number of amides is 2. The number of carbonyl (C=O) groups excluding carboxylic acids is 2. The molecule has 5 N–H and O–H groups in total. The lowest BCUT2D eigenvalue weighted by atomic mass is 9.86. The zero-order valence-corrected chi connectivity index (χ0v) is 31.4. The zero-order valence-electron chi connectivity index (χ0n) is 29.8. The molecule has 4 aromatic carbocycles. The van der Waals surface area contributed by atoms with Crippen LogP contribution in [0.1, 0.15) is 94.2 Å². The first-order valence-corrected chi connectivity index (χ1v) is 17.6. The summed E-state index contributed by atoms with van der Waals surface area (Å²) in [6.07, 6.45) is 4.12. The first-order valence-electron chi connectivity index (χ1n) is 16.8. The fourth-order valence-electron chi connectivity index (χ4n) is 6.47. The summed E-state index contributed by atoms with van der Waals surface area (Å²) in [5, 5.41) is 9.27. The van der Waals surface area contributed by atoms with E-state index in [9.17, 15) is 9.59 Å². The van der Waals surface area contributed by atoms with Crippen molar-refractivity contribution in [3.8, 4) is 17.2 Å². The van der Waals surface area contributed by atoms with Crippen molar-refractivity contribution in [2.75, 3.05) is 39.0 Å². The van der Waals surface area contributed by atoms with Gasteiger partial charge >= 0.3 is 0 Å². The Kier molecular flexibility index (Phi) is 11.6. The third-order valence-corrected chi connectivity index (χ3v) is 10.0. The van der Waals surface area contributed by atoms with Gasteiger partial charge in [-0.05, 0) is 124 Å². The second-order valence-corrected chi connectivity index (χ2v) is 14.5. The van der Waals surface area contributed by atoms with Crippen LogP contribution in [0.25, 0.3) is 0 Å². The third-order valence-electron chi connectivity index (χ3n) is 9.39. The van der Waals surface area contributed by atoms with E-state index in [2.05, 4.69) is 64.8 Å². The predicted molar refractivity (Wildman–Crippen MR) is 203 cm³/mol. The number of ether oxygens (including phenoxy) is 3. The van der Waals surface area contributed by atoms with E-state index in [-0.39, 0.29) is 23.3 Å². The van der Waals surface area contributed by atoms with Gasteiger partial charge in [0.2, 0.25) is 0 Å². The van der Waals surface area contributed by atoms with E-state index in [0.29, 0.717) is 38.9 Å². The summed E-state index contributed by atoms with van der Waals surface area (Å²) in [4.78, 5) is 25.4. The molecular formula is C40H47BrN4O5. The SMILES string of the molecule is CNC1CCc2ccc(NC(=O)c3ccc(C(C)(C)C)cc3OC)cc21.COc1cc(OC)c(C(=O)Nc2ccc3c(c2)C(N)CC3)cc1Br. The van der Waals surface area contributed by atoms with Crippen LogP contribution in [-0.4, -0.2) is 40.2 Å². The molecule has 2 atom stereocenters. The van der Waals surface area contributed by atoms with Gasteiger partial charge in [0.05, 0.1) is 36.9 Å². The molecule has 0 saturated heterocycles. The van der Waals surface area contributed by atoms with Crippen LogP contribution in [0, 0.1) is 0 Å². The van der Waals surface area contributed by atoms with Crippen molar-refractivity contribution in [1.29, 1.82) is 0 Å². The lowest BCUT2D eigenvalue weighted by Gasteiger charge is -2.21. The summed E-state index contributed by atoms with van der Waals surface area (Å²) in [6, 6.07) is 21.6. The van der Waals surface area contributed by atoms with Crippen LogP contribution in [0.15, 0.2) is 71.2 Å². The standard InChI is InChI=1S/C22H28N2O2.C18H19BrN2O3/c1-22(2,3)15-8-10-17(20(12-15)26-5)21(25)24-16-9-6-14-7-11-19(23-4)18(14)13-16;1-23-16-9-17(24-2)14(19)8-13(16)18(22)21-11-5-3-10-4-6-15(20)12(10)7-11/h6,8-10,12-13,19,23H,7,11H2,1-5H3,(H,24,25);3,5,7-9,15H,4,6,20H2,1-2H3,(H,21,22). The first kappa shape index (κ1) is 36.9. The average Bonchev–Trinajstić information content (AvgIpc) is 3.69. The average molecular weight is 744 g/mol. The number of nitrogens with one attached hydrogen (secondary N) is 3. The maximum absolute atomic E-state index is 12.8. The smallest absolute Gasteiger partial charge is 0.259 e. The number of rotatable bonds is 8. The minimum atomic E-state index is -0.248. The number of benzene rings is 4. The van der Waals surface area contributed by atoms with Crippen molar-refractivity contribution in [2.24, 2.45) is 5.73 Å². The molecule has 2 aliphatic carbocycles. The molecule has 2 amide bonds. The molecular weight excluding hydrogens is 696 g/mol. The summed E-state index contributed by atoms with van der Waals surface area (Å²) in [5.41, 5.74) is 14.8. The Morgan fingerprint density at radius 1 is 0.720 bits per heavy atom. The summed E-state index contributed by atoms with van der Waals surface area (Å²) in [5.74, 6) is 1.25. The van der Waals surface area contributed by atoms with Gasteiger partial charge in [0, 0.05) is 29.5 Å². The quantitative estimate of drug-likeness (QED) is 0.144. The second-order valence-electron chi connectivity index (χ2n) is 13.6. The number of nitrogens with two attached hydrogens (primary N) is 1. The lowest BCUT2D eigenvalue weighted by molar-refractivity contribution is 0.101. The van der Waals surface area contributed by atoms with Crippen molar-refractivity contribution in [2.45, 2.75) is 64.0 Å². The van der Waals surface area contributed by atoms with E-state index < -0.39 is 0 Å². The number of fused-ring (bicyclic) bond motifs is 2. The van der Waals surface area contributed by atoms with E-state index in [1.165, 1.54) is 23.8 Å². The van der Waals surface area contributed by atoms with Crippen LogP contribution in [0.4, 0.5) is 11.4 Å². The Bertz CT molecular complexity index is 1890. The molecule has 0 heterocycles. The number of hydrogen-bond acceptors (Lipinski definition) is 7. The van der Waals surface area contributed by atoms with E-state index >= 15 is 0 Å². The number of carbonyl (C=O) groups is 2. The fraction of sp³-hybridized carbons (Fsp3) is 0.350. The molecule has 0 aromatic heterocycles. The molecule has 0 radical (unpaired) electrons. The topological polar surface area (TPSA) is 124 Å². The lowest BCUT2D eigenvalue weighted by Crippen LogP contribution is -2.16. The largest absolute Gasteiger partial charge is 0.496 e. The number of aryl methyl sites for hydroxylation is 2. The van der Waals surface area contributed by atoms with Gasteiger partial charge in [0.15, 0.2) is 0 Å². The highest BCUT2D eigenvalue weighted by Gasteiger charge is 2.24. The maximum atomic E-state index is 12.8. The van der Waals surface area contributed by atoms with Crippen molar-refractivity contribution in [3.05, 3.63) is 110 Å². The molecule has 2 unspecified atom stereocenters. The predicted octanol–water partition coefficient (Wildman–Crippen LogP) is 8.12. The summed E-state index contributed by atoms with van der Waals surface area (Å²) < 4.78 is 16.7. The van der Waals surface area contributed by atoms with E-state index in [1.54, 1.807) is 26.4 Å². The monoisotopic (exact) mass is 742 g/mol. The van der Waals surface area contributed by atoms with Gasteiger partial charge in [-0.2, -0.15) is 0 Å². The second kappa shape index (κ2) is 15.7. The number of anilines is 2. The molecule has 4 aromatic rings. The molecule has 0 fully saturated rings. The Labute approximate surface area is 303 Å². The summed E-state index contributed by atoms with van der Waals surface area (Å²) in [7, 11) is 6.67. The van der Waals surface area contributed by atoms with Gasteiger partial charge in [-0.15, -0.1) is 0 Å². The van der Waals surface area contributed by atoms with Crippen molar-refractivity contribution in [1.82, 2.24) is 5.32 Å². The number of methoxy groups -OCH3 is 3. The van der Waals surface area contributed by atoms with Gasteiger partial charge in [-0.3, -0.25) is 9.59 Å². The first-order chi connectivity index (χ1) is 23.9. The van der Waals surface area contributed by atoms with Crippen LogP contribution < -0.4 is 35.9 Å². The molecule has 10 heteroatoms. The van der Waals surface area contributed by atoms with E-state index in [0.717, 1.165) is 48.2 Å². The maximum Gasteiger partial charge on any atom is 0.259 e. The highest BCUT2D eigenvalue weighted by atomic mass is 79.9. The highest BCUT2D eigenvalue weighted by molar-refractivity contribution is 9.10. The molecule has 2 aliphatic rings. The van der Waals surface area contributed by atoms with Gasteiger partial charge in [-0.25, -0.2) is 0 Å². The summed E-state index contributed by atoms with van der Waals surface area (Å²) in [6.45, 7) is 6.43. The molecule has 9 nitrogen and oxygen atoms in total. The molecule has 0 bridgehead atoms. The Morgan fingerprint density at radius 2 is 1.28 bits per heavy atom. The minimum Gasteiger partial charge on any atom is -0.496 e. The minimum absolute atomic E-state index is 0.00440. The zero-order chi connectivity index (χ0) is 36.2. The normalized spacial score (nSPS) is 16.0. The van der Waals surface area contributed by atoms with E-state index in [1.807, 2.05) is 49.5 Å². The van der Waals surface area contributed by atoms with Crippen molar-refractivity contribution in [3.63, 3.8) is 0 Å². The highest BCUT2D eigenvalue weighted by Crippen LogP contribution is 2.36. The number of halogens is 1. The molecule has 0 aliphatic heterocycles. The van der Waals surface area contributed by atoms with Gasteiger partial charge in [0.25, 0.3) is 11.8 Å². The van der Waals surface area contributed by atoms with Crippen LogP contribution in [0.3, 0.4) is 0 Å². The Balaban J connectivity index is 0.000000195. The molecule has 50 heavy (non-hydrogen) atoms. The van der Waals surface area contributed by atoms with Gasteiger partial charge in [0.1, 0.15) is 17.2 Å². The fourth-order valence-corrected chi connectivity index (χ4v) is 6.98. The van der Waals surface area contributed by atoms with Crippen LogP contribution in [-0.2, 0) is 18.3 Å². The van der Waals surface area contributed by atoms with Crippen molar-refractivity contribution < 1.29 is 23.8 Å². The molecule has 264 valence electrons. The van der Waals surface area contributed by atoms with E-state index in [4.69, 9.17) is 19.9 Å². The van der Waals surface area contributed by atoms with Gasteiger partial charge in [-0.1, -0.05) is 39.0 Å². The number of hydrogen-bond donors (Lipinski definition) is 4. The van der Waals surface area contributed by atoms with Crippen LogP contribution >= 0.6 is 15.9 Å². The molecule has 0 saturated carbocycles. The third kappa shape index (κ3) is 8.15. The van der Waals surface area contributed by atoms with Crippen LogP contribution in [0.5, 0.6) is 17.2 Å². The van der Waals surface area contributed by atoms with Crippen LogP contribution in [0.2, 0.25) is 0 Å². The van der Waals surface area contributed by atoms with Gasteiger partial charge < -0.3 is 35.9 Å². The molecule has 0 spiro atoms. The molecule has 6 rings (SSSR count). The summed E-state index contributed by atoms with van der Waals surface area (Å²) >= 11 is 3.40. The Hall–Kier alpha value is -4.38.